The monoisotopic (exact) mass is 325 g/mol. The van der Waals surface area contributed by atoms with Crippen LogP contribution in [-0.4, -0.2) is 15.1 Å². The molecule has 0 saturated carbocycles. The minimum Gasteiger partial charge on any atom is -0.387 e. The molecule has 0 spiro atoms. The molecule has 0 bridgehead atoms. The zero-order valence-corrected chi connectivity index (χ0v) is 12.8. The standard InChI is InChI=1S/C17H12FN3OS/c18-14-2-1-12(8-13(14)9-19)17-21-10-16(23-17)15(22)7-11-3-5-20-6-4-11/h1-6,8,10,15,22H,7H2. The van der Waals surface area contributed by atoms with Crippen molar-refractivity contribution in [1.29, 1.82) is 5.26 Å². The summed E-state index contributed by atoms with van der Waals surface area (Å²) in [5.74, 6) is -0.550. The van der Waals surface area contributed by atoms with Gasteiger partial charge < -0.3 is 5.11 Å². The largest absolute Gasteiger partial charge is 0.387 e. The average Bonchev–Trinajstić information content (AvgIpc) is 3.06. The molecular formula is C17H12FN3OS. The molecule has 4 nitrogen and oxygen atoms in total. The summed E-state index contributed by atoms with van der Waals surface area (Å²) in [5, 5.41) is 19.9. The fourth-order valence-electron chi connectivity index (χ4n) is 2.16. The van der Waals surface area contributed by atoms with Gasteiger partial charge in [-0.1, -0.05) is 0 Å². The number of rotatable bonds is 4. The third-order valence-electron chi connectivity index (χ3n) is 3.36. The Morgan fingerprint density at radius 1 is 1.26 bits per heavy atom. The second-order valence-corrected chi connectivity index (χ2v) is 6.01. The molecular weight excluding hydrogens is 313 g/mol. The number of hydrogen-bond acceptors (Lipinski definition) is 5. The molecule has 0 aliphatic rings. The first kappa shape index (κ1) is 15.3. The lowest BCUT2D eigenvalue weighted by Crippen LogP contribution is -1.99. The number of thiazole rings is 1. The molecule has 114 valence electrons. The second-order valence-electron chi connectivity index (χ2n) is 4.95. The van der Waals surface area contributed by atoms with Crippen LogP contribution in [0.4, 0.5) is 4.39 Å². The van der Waals surface area contributed by atoms with E-state index in [1.165, 1.54) is 23.5 Å². The maximum atomic E-state index is 13.4. The molecule has 23 heavy (non-hydrogen) atoms. The third kappa shape index (κ3) is 3.42. The van der Waals surface area contributed by atoms with E-state index < -0.39 is 11.9 Å². The van der Waals surface area contributed by atoms with Crippen molar-refractivity contribution in [3.63, 3.8) is 0 Å². The molecule has 2 heterocycles. The SMILES string of the molecule is N#Cc1cc(-c2ncc(C(O)Cc3ccncc3)s2)ccc1F. The molecule has 2 aromatic heterocycles. The maximum Gasteiger partial charge on any atom is 0.140 e. The van der Waals surface area contributed by atoms with Crippen LogP contribution >= 0.6 is 11.3 Å². The summed E-state index contributed by atoms with van der Waals surface area (Å²) in [6.45, 7) is 0. The van der Waals surface area contributed by atoms with Crippen molar-refractivity contribution in [3.05, 3.63) is 70.7 Å². The van der Waals surface area contributed by atoms with E-state index in [1.54, 1.807) is 24.7 Å². The molecule has 0 aliphatic carbocycles. The Bertz CT molecular complexity index is 858. The Morgan fingerprint density at radius 2 is 2.04 bits per heavy atom. The van der Waals surface area contributed by atoms with Gasteiger partial charge in [0.05, 0.1) is 16.5 Å². The molecule has 0 saturated heterocycles. The molecule has 1 unspecified atom stereocenters. The summed E-state index contributed by atoms with van der Waals surface area (Å²) in [6.07, 6.45) is 4.78. The van der Waals surface area contributed by atoms with Crippen molar-refractivity contribution < 1.29 is 9.50 Å². The van der Waals surface area contributed by atoms with Gasteiger partial charge in [-0.3, -0.25) is 4.98 Å². The van der Waals surface area contributed by atoms with Crippen LogP contribution < -0.4 is 0 Å². The molecule has 1 atom stereocenters. The van der Waals surface area contributed by atoms with E-state index in [2.05, 4.69) is 9.97 Å². The summed E-state index contributed by atoms with van der Waals surface area (Å²) in [7, 11) is 0. The van der Waals surface area contributed by atoms with E-state index in [-0.39, 0.29) is 5.56 Å². The summed E-state index contributed by atoms with van der Waals surface area (Å²) in [4.78, 5) is 8.93. The quantitative estimate of drug-likeness (QED) is 0.797. The Labute approximate surface area is 136 Å². The lowest BCUT2D eigenvalue weighted by Gasteiger charge is -2.07. The molecule has 1 N–H and O–H groups in total. The van der Waals surface area contributed by atoms with Crippen LogP contribution in [0.2, 0.25) is 0 Å². The molecule has 0 aliphatic heterocycles. The van der Waals surface area contributed by atoms with Gasteiger partial charge in [-0.15, -0.1) is 11.3 Å². The van der Waals surface area contributed by atoms with Gasteiger partial charge in [0.1, 0.15) is 16.9 Å². The minimum absolute atomic E-state index is 0.0171. The first-order valence-electron chi connectivity index (χ1n) is 6.90. The van der Waals surface area contributed by atoms with Crippen LogP contribution in [0.15, 0.2) is 48.9 Å². The van der Waals surface area contributed by atoms with Gasteiger partial charge >= 0.3 is 0 Å². The molecule has 0 radical (unpaired) electrons. The molecule has 0 fully saturated rings. The lowest BCUT2D eigenvalue weighted by atomic mass is 10.1. The van der Waals surface area contributed by atoms with Gasteiger partial charge in [-0.25, -0.2) is 9.37 Å². The highest BCUT2D eigenvalue weighted by Gasteiger charge is 2.14. The number of nitrogens with zero attached hydrogens (tertiary/aromatic N) is 3. The van der Waals surface area contributed by atoms with Crippen molar-refractivity contribution in [3.8, 4) is 16.6 Å². The number of halogens is 1. The minimum atomic E-state index is -0.667. The van der Waals surface area contributed by atoms with Gasteiger partial charge in [-0.05, 0) is 35.9 Å². The van der Waals surface area contributed by atoms with E-state index >= 15 is 0 Å². The molecule has 0 amide bonds. The highest BCUT2D eigenvalue weighted by Crippen LogP contribution is 2.31. The molecule has 3 aromatic rings. The number of aliphatic hydroxyl groups excluding tert-OH is 1. The van der Waals surface area contributed by atoms with Crippen LogP contribution in [0.1, 0.15) is 22.1 Å². The number of pyridine rings is 1. The van der Waals surface area contributed by atoms with E-state index in [0.717, 1.165) is 10.4 Å². The van der Waals surface area contributed by atoms with Crippen molar-refractivity contribution in [2.24, 2.45) is 0 Å². The normalized spacial score (nSPS) is 11.9. The van der Waals surface area contributed by atoms with Crippen molar-refractivity contribution in [2.45, 2.75) is 12.5 Å². The number of nitriles is 1. The van der Waals surface area contributed by atoms with E-state index in [4.69, 9.17) is 5.26 Å². The highest BCUT2D eigenvalue weighted by atomic mass is 32.1. The summed E-state index contributed by atoms with van der Waals surface area (Å²) in [5.41, 5.74) is 1.63. The van der Waals surface area contributed by atoms with Crippen LogP contribution in [-0.2, 0) is 6.42 Å². The van der Waals surface area contributed by atoms with Crippen molar-refractivity contribution in [2.75, 3.05) is 0 Å². The highest BCUT2D eigenvalue weighted by molar-refractivity contribution is 7.15. The van der Waals surface area contributed by atoms with Crippen LogP contribution in [0.5, 0.6) is 0 Å². The predicted octanol–water partition coefficient (Wildman–Crippen LogP) is 3.49. The van der Waals surface area contributed by atoms with Crippen LogP contribution in [0.25, 0.3) is 10.6 Å². The van der Waals surface area contributed by atoms with Crippen molar-refractivity contribution in [1.82, 2.24) is 9.97 Å². The lowest BCUT2D eigenvalue weighted by molar-refractivity contribution is 0.182. The van der Waals surface area contributed by atoms with E-state index in [1.807, 2.05) is 18.2 Å². The van der Waals surface area contributed by atoms with Crippen LogP contribution in [0.3, 0.4) is 0 Å². The number of benzene rings is 1. The Kier molecular flexibility index (Phi) is 4.42. The number of aromatic nitrogens is 2. The first-order chi connectivity index (χ1) is 11.2. The van der Waals surface area contributed by atoms with Gasteiger partial charge in [0, 0.05) is 30.6 Å². The van der Waals surface area contributed by atoms with Gasteiger partial charge in [0.2, 0.25) is 0 Å². The molecule has 3 rings (SSSR count). The number of hydrogen-bond donors (Lipinski definition) is 1. The summed E-state index contributed by atoms with van der Waals surface area (Å²) < 4.78 is 13.4. The zero-order valence-electron chi connectivity index (χ0n) is 12.0. The third-order valence-corrected chi connectivity index (χ3v) is 4.51. The summed E-state index contributed by atoms with van der Waals surface area (Å²) in [6, 6.07) is 9.81. The van der Waals surface area contributed by atoms with Crippen LogP contribution in [0, 0.1) is 17.1 Å². The predicted molar refractivity (Wildman–Crippen MR) is 85.1 cm³/mol. The first-order valence-corrected chi connectivity index (χ1v) is 7.71. The van der Waals surface area contributed by atoms with Gasteiger partial charge in [0.25, 0.3) is 0 Å². The smallest absolute Gasteiger partial charge is 0.140 e. The van der Waals surface area contributed by atoms with Crippen molar-refractivity contribution >= 4 is 11.3 Å². The Balaban J connectivity index is 1.82. The van der Waals surface area contributed by atoms with E-state index in [0.29, 0.717) is 17.0 Å². The maximum absolute atomic E-state index is 13.4. The molecule has 1 aromatic carbocycles. The fourth-order valence-corrected chi connectivity index (χ4v) is 3.06. The van der Waals surface area contributed by atoms with E-state index in [9.17, 15) is 9.50 Å². The van der Waals surface area contributed by atoms with Gasteiger partial charge in [-0.2, -0.15) is 5.26 Å². The fraction of sp³-hybridized carbons (Fsp3) is 0.118. The zero-order chi connectivity index (χ0) is 16.2. The summed E-state index contributed by atoms with van der Waals surface area (Å²) >= 11 is 1.33. The average molecular weight is 325 g/mol. The molecule has 6 heteroatoms. The van der Waals surface area contributed by atoms with Gasteiger partial charge in [0.15, 0.2) is 0 Å². The topological polar surface area (TPSA) is 69.8 Å². The Hall–Kier alpha value is -2.62. The second kappa shape index (κ2) is 6.65. The number of aliphatic hydroxyl groups is 1. The Morgan fingerprint density at radius 3 is 2.78 bits per heavy atom.